The summed E-state index contributed by atoms with van der Waals surface area (Å²) in [5, 5.41) is 0. The van der Waals surface area contributed by atoms with Gasteiger partial charge in [0.05, 0.1) is 6.42 Å². The summed E-state index contributed by atoms with van der Waals surface area (Å²) >= 11 is 0. The van der Waals surface area contributed by atoms with E-state index in [0.29, 0.717) is 24.2 Å². The molecule has 1 aromatic carbocycles. The Kier molecular flexibility index (Phi) is 3.90. The number of likely N-dealkylation sites (tertiary alicyclic amines) is 1. The standard InChI is InChI=1S/C15H22N2O/c1-11-6-5-7-12(2)17(11)15(18)10-13-8-3-4-9-14(13)16/h3-4,8-9,11-12H,5-7,10,16H2,1-2H3. The Bertz CT molecular complexity index is 420. The number of carbonyl (C=O) groups is 1. The van der Waals surface area contributed by atoms with E-state index in [0.717, 1.165) is 18.4 Å². The third-order valence-electron chi connectivity index (χ3n) is 3.88. The number of anilines is 1. The number of benzene rings is 1. The molecule has 0 aromatic heterocycles. The first-order chi connectivity index (χ1) is 8.59. The number of piperidine rings is 1. The second kappa shape index (κ2) is 5.42. The second-order valence-electron chi connectivity index (χ2n) is 5.31. The number of rotatable bonds is 2. The average molecular weight is 246 g/mol. The summed E-state index contributed by atoms with van der Waals surface area (Å²) in [4.78, 5) is 14.4. The monoisotopic (exact) mass is 246 g/mol. The molecule has 1 aromatic rings. The SMILES string of the molecule is CC1CCCC(C)N1C(=O)Cc1ccccc1N. The van der Waals surface area contributed by atoms with E-state index in [9.17, 15) is 4.79 Å². The number of hydrogen-bond acceptors (Lipinski definition) is 2. The van der Waals surface area contributed by atoms with Crippen LogP contribution in [0.4, 0.5) is 5.69 Å². The lowest BCUT2D eigenvalue weighted by molar-refractivity contribution is -0.136. The summed E-state index contributed by atoms with van der Waals surface area (Å²) in [5.74, 6) is 0.201. The molecule has 1 saturated heterocycles. The van der Waals surface area contributed by atoms with E-state index in [2.05, 4.69) is 13.8 Å². The Morgan fingerprint density at radius 2 is 1.89 bits per heavy atom. The van der Waals surface area contributed by atoms with Gasteiger partial charge in [0.2, 0.25) is 5.91 Å². The van der Waals surface area contributed by atoms with E-state index < -0.39 is 0 Å². The molecule has 1 amide bonds. The zero-order chi connectivity index (χ0) is 13.1. The average Bonchev–Trinajstić information content (AvgIpc) is 2.32. The second-order valence-corrected chi connectivity index (χ2v) is 5.31. The lowest BCUT2D eigenvalue weighted by atomic mass is 9.96. The van der Waals surface area contributed by atoms with Crippen molar-refractivity contribution in [2.24, 2.45) is 0 Å². The number of carbonyl (C=O) groups excluding carboxylic acids is 1. The lowest BCUT2D eigenvalue weighted by Crippen LogP contribution is -2.48. The highest BCUT2D eigenvalue weighted by Crippen LogP contribution is 2.24. The van der Waals surface area contributed by atoms with Gasteiger partial charge in [0.15, 0.2) is 0 Å². The quantitative estimate of drug-likeness (QED) is 0.815. The summed E-state index contributed by atoms with van der Waals surface area (Å²) in [5.41, 5.74) is 7.55. The van der Waals surface area contributed by atoms with Gasteiger partial charge >= 0.3 is 0 Å². The van der Waals surface area contributed by atoms with Crippen molar-refractivity contribution >= 4 is 11.6 Å². The number of nitrogens with two attached hydrogens (primary N) is 1. The molecule has 2 rings (SSSR count). The molecule has 1 heterocycles. The van der Waals surface area contributed by atoms with Gasteiger partial charge < -0.3 is 10.6 Å². The summed E-state index contributed by atoms with van der Waals surface area (Å²) in [6.07, 6.45) is 3.86. The lowest BCUT2D eigenvalue weighted by Gasteiger charge is -2.39. The molecule has 0 spiro atoms. The normalized spacial score (nSPS) is 24.0. The van der Waals surface area contributed by atoms with Crippen LogP contribution in [0.15, 0.2) is 24.3 Å². The Morgan fingerprint density at radius 1 is 1.28 bits per heavy atom. The van der Waals surface area contributed by atoms with Gasteiger partial charge in [0.25, 0.3) is 0 Å². The Balaban J connectivity index is 2.09. The van der Waals surface area contributed by atoms with Crippen molar-refractivity contribution in [3.8, 4) is 0 Å². The van der Waals surface area contributed by atoms with Gasteiger partial charge in [0, 0.05) is 17.8 Å². The number of nitrogens with zero attached hydrogens (tertiary/aromatic N) is 1. The molecule has 2 atom stereocenters. The summed E-state index contributed by atoms with van der Waals surface area (Å²) in [6.45, 7) is 4.28. The topological polar surface area (TPSA) is 46.3 Å². The first-order valence-corrected chi connectivity index (χ1v) is 6.74. The third-order valence-corrected chi connectivity index (χ3v) is 3.88. The van der Waals surface area contributed by atoms with Gasteiger partial charge in [-0.25, -0.2) is 0 Å². The molecule has 0 saturated carbocycles. The third kappa shape index (κ3) is 2.66. The summed E-state index contributed by atoms with van der Waals surface area (Å²) in [6, 6.07) is 8.33. The molecule has 98 valence electrons. The molecule has 1 aliphatic heterocycles. The van der Waals surface area contributed by atoms with Crippen LogP contribution in [-0.4, -0.2) is 22.9 Å². The Hall–Kier alpha value is -1.51. The largest absolute Gasteiger partial charge is 0.398 e. The summed E-state index contributed by atoms with van der Waals surface area (Å²) < 4.78 is 0. The highest BCUT2D eigenvalue weighted by Gasteiger charge is 2.28. The van der Waals surface area contributed by atoms with Crippen LogP contribution in [-0.2, 0) is 11.2 Å². The van der Waals surface area contributed by atoms with E-state index in [-0.39, 0.29) is 5.91 Å². The van der Waals surface area contributed by atoms with Crippen LogP contribution in [0, 0.1) is 0 Å². The highest BCUT2D eigenvalue weighted by atomic mass is 16.2. The van der Waals surface area contributed by atoms with Crippen LogP contribution >= 0.6 is 0 Å². The Labute approximate surface area is 109 Å². The number of hydrogen-bond donors (Lipinski definition) is 1. The van der Waals surface area contributed by atoms with E-state index in [1.54, 1.807) is 0 Å². The van der Waals surface area contributed by atoms with Crippen molar-refractivity contribution in [1.82, 2.24) is 4.90 Å². The molecule has 2 N–H and O–H groups in total. The molecule has 3 heteroatoms. The predicted octanol–water partition coefficient (Wildman–Crippen LogP) is 2.60. The van der Waals surface area contributed by atoms with Crippen LogP contribution in [0.2, 0.25) is 0 Å². The van der Waals surface area contributed by atoms with Crippen molar-refractivity contribution in [2.75, 3.05) is 5.73 Å². The van der Waals surface area contributed by atoms with Crippen molar-refractivity contribution in [1.29, 1.82) is 0 Å². The Morgan fingerprint density at radius 3 is 2.50 bits per heavy atom. The van der Waals surface area contributed by atoms with E-state index in [1.807, 2.05) is 29.2 Å². The van der Waals surface area contributed by atoms with Gasteiger partial charge in [0.1, 0.15) is 0 Å². The molecule has 3 nitrogen and oxygen atoms in total. The van der Waals surface area contributed by atoms with Gasteiger partial charge in [-0.05, 0) is 44.7 Å². The van der Waals surface area contributed by atoms with Crippen LogP contribution in [0.25, 0.3) is 0 Å². The summed E-state index contributed by atoms with van der Waals surface area (Å²) in [7, 11) is 0. The predicted molar refractivity (Wildman–Crippen MR) is 74.2 cm³/mol. The van der Waals surface area contributed by atoms with Crippen LogP contribution < -0.4 is 5.73 Å². The molecule has 2 unspecified atom stereocenters. The number of para-hydroxylation sites is 1. The van der Waals surface area contributed by atoms with Crippen LogP contribution in [0.5, 0.6) is 0 Å². The minimum atomic E-state index is 0.201. The minimum Gasteiger partial charge on any atom is -0.398 e. The maximum absolute atomic E-state index is 12.4. The first kappa shape index (κ1) is 12.9. The molecular weight excluding hydrogens is 224 g/mol. The van der Waals surface area contributed by atoms with Gasteiger partial charge in [-0.3, -0.25) is 4.79 Å². The van der Waals surface area contributed by atoms with Crippen molar-refractivity contribution < 1.29 is 4.79 Å². The smallest absolute Gasteiger partial charge is 0.227 e. The fourth-order valence-electron chi connectivity index (χ4n) is 2.86. The van der Waals surface area contributed by atoms with E-state index >= 15 is 0 Å². The number of amides is 1. The highest BCUT2D eigenvalue weighted by molar-refractivity contribution is 5.81. The number of nitrogen functional groups attached to an aromatic ring is 1. The molecule has 0 aliphatic carbocycles. The molecule has 18 heavy (non-hydrogen) atoms. The van der Waals surface area contributed by atoms with Crippen molar-refractivity contribution in [3.05, 3.63) is 29.8 Å². The zero-order valence-corrected chi connectivity index (χ0v) is 11.2. The maximum Gasteiger partial charge on any atom is 0.227 e. The first-order valence-electron chi connectivity index (χ1n) is 6.74. The van der Waals surface area contributed by atoms with Crippen LogP contribution in [0.1, 0.15) is 38.7 Å². The van der Waals surface area contributed by atoms with Gasteiger partial charge in [-0.1, -0.05) is 18.2 Å². The molecule has 1 aliphatic rings. The van der Waals surface area contributed by atoms with Gasteiger partial charge in [-0.2, -0.15) is 0 Å². The van der Waals surface area contributed by atoms with E-state index in [4.69, 9.17) is 5.73 Å². The zero-order valence-electron chi connectivity index (χ0n) is 11.2. The molecular formula is C15H22N2O. The van der Waals surface area contributed by atoms with Gasteiger partial charge in [-0.15, -0.1) is 0 Å². The fourth-order valence-corrected chi connectivity index (χ4v) is 2.86. The molecule has 0 radical (unpaired) electrons. The fraction of sp³-hybridized carbons (Fsp3) is 0.533. The minimum absolute atomic E-state index is 0.201. The molecule has 0 bridgehead atoms. The molecule has 1 fully saturated rings. The van der Waals surface area contributed by atoms with E-state index in [1.165, 1.54) is 6.42 Å². The van der Waals surface area contributed by atoms with Crippen molar-refractivity contribution in [3.63, 3.8) is 0 Å². The maximum atomic E-state index is 12.4. The van der Waals surface area contributed by atoms with Crippen molar-refractivity contribution in [2.45, 2.75) is 51.6 Å². The van der Waals surface area contributed by atoms with Crippen LogP contribution in [0.3, 0.4) is 0 Å².